The second-order valence-electron chi connectivity index (χ2n) is 3.67. The highest BCUT2D eigenvalue weighted by Crippen LogP contribution is 2.27. The Morgan fingerprint density at radius 3 is 2.94 bits per heavy atom. The molecular formula is C11H10FN3O3. The average Bonchev–Trinajstić information content (AvgIpc) is 2.73. The van der Waals surface area contributed by atoms with Crippen LogP contribution in [0.15, 0.2) is 28.8 Å². The lowest BCUT2D eigenvalue weighted by molar-refractivity contribution is -0.384. The van der Waals surface area contributed by atoms with Gasteiger partial charge in [-0.05, 0) is 13.0 Å². The number of nitro groups is 1. The highest BCUT2D eigenvalue weighted by Gasteiger charge is 2.17. The smallest absolute Gasteiger partial charge is 0.295 e. The molecule has 0 radical (unpaired) electrons. The van der Waals surface area contributed by atoms with Crippen LogP contribution in [0.25, 0.3) is 0 Å². The first-order valence-electron chi connectivity index (χ1n) is 5.17. The molecule has 1 heterocycles. The predicted octanol–water partition coefficient (Wildman–Crippen LogP) is 2.64. The molecule has 0 saturated carbocycles. The van der Waals surface area contributed by atoms with Gasteiger partial charge in [0.2, 0.25) is 0 Å². The zero-order valence-electron chi connectivity index (χ0n) is 9.51. The van der Waals surface area contributed by atoms with Gasteiger partial charge in [0.25, 0.3) is 5.69 Å². The Kier molecular flexibility index (Phi) is 3.22. The molecule has 94 valence electrons. The minimum absolute atomic E-state index is 0.150. The topological polar surface area (TPSA) is 81.2 Å². The van der Waals surface area contributed by atoms with Gasteiger partial charge >= 0.3 is 0 Å². The van der Waals surface area contributed by atoms with Crippen LogP contribution < -0.4 is 5.32 Å². The fourth-order valence-corrected chi connectivity index (χ4v) is 1.52. The van der Waals surface area contributed by atoms with Gasteiger partial charge in [-0.1, -0.05) is 11.2 Å². The SMILES string of the molecule is Cc1cc(CNc2c(F)cccc2[N+](=O)[O-])no1. The van der Waals surface area contributed by atoms with Gasteiger partial charge in [0.15, 0.2) is 5.82 Å². The molecular weight excluding hydrogens is 241 g/mol. The number of nitro benzene ring substituents is 1. The molecule has 7 heteroatoms. The summed E-state index contributed by atoms with van der Waals surface area (Å²) in [6.45, 7) is 1.88. The second kappa shape index (κ2) is 4.82. The molecule has 2 rings (SSSR count). The Hall–Kier alpha value is -2.44. The number of benzene rings is 1. The first-order valence-corrected chi connectivity index (χ1v) is 5.17. The summed E-state index contributed by atoms with van der Waals surface area (Å²) in [5.74, 6) is -0.0562. The van der Waals surface area contributed by atoms with Crippen molar-refractivity contribution in [2.24, 2.45) is 0 Å². The molecule has 0 atom stereocenters. The van der Waals surface area contributed by atoms with Gasteiger partial charge in [0.05, 0.1) is 11.5 Å². The lowest BCUT2D eigenvalue weighted by Gasteiger charge is -2.05. The predicted molar refractivity (Wildman–Crippen MR) is 61.6 cm³/mol. The van der Waals surface area contributed by atoms with Crippen LogP contribution in [0, 0.1) is 22.9 Å². The molecule has 0 fully saturated rings. The molecule has 6 nitrogen and oxygen atoms in total. The number of para-hydroxylation sites is 1. The Morgan fingerprint density at radius 1 is 1.56 bits per heavy atom. The van der Waals surface area contributed by atoms with Crippen LogP contribution in [0.5, 0.6) is 0 Å². The molecule has 2 aromatic rings. The molecule has 0 aliphatic heterocycles. The van der Waals surface area contributed by atoms with Crippen LogP contribution in [0.1, 0.15) is 11.5 Å². The van der Waals surface area contributed by atoms with Crippen LogP contribution in [0.2, 0.25) is 0 Å². The lowest BCUT2D eigenvalue weighted by Crippen LogP contribution is -2.04. The summed E-state index contributed by atoms with van der Waals surface area (Å²) < 4.78 is 18.4. The van der Waals surface area contributed by atoms with Gasteiger partial charge in [-0.2, -0.15) is 0 Å². The van der Waals surface area contributed by atoms with Crippen LogP contribution >= 0.6 is 0 Å². The number of hydrogen-bond acceptors (Lipinski definition) is 5. The third kappa shape index (κ3) is 2.45. The number of anilines is 1. The summed E-state index contributed by atoms with van der Waals surface area (Å²) in [7, 11) is 0. The minimum Gasteiger partial charge on any atom is -0.371 e. The first kappa shape index (κ1) is 12.0. The average molecular weight is 251 g/mol. The fraction of sp³-hybridized carbons (Fsp3) is 0.182. The van der Waals surface area contributed by atoms with Gasteiger partial charge in [-0.3, -0.25) is 10.1 Å². The summed E-state index contributed by atoms with van der Waals surface area (Å²) in [5.41, 5.74) is 0.0865. The summed E-state index contributed by atoms with van der Waals surface area (Å²) in [6, 6.07) is 5.35. The number of aryl methyl sites for hydroxylation is 1. The third-order valence-electron chi connectivity index (χ3n) is 2.31. The van der Waals surface area contributed by atoms with Gasteiger partial charge < -0.3 is 9.84 Å². The Bertz CT molecular complexity index is 583. The molecule has 0 aliphatic rings. The van der Waals surface area contributed by atoms with E-state index in [9.17, 15) is 14.5 Å². The zero-order chi connectivity index (χ0) is 13.1. The molecule has 1 N–H and O–H groups in total. The van der Waals surface area contributed by atoms with E-state index < -0.39 is 10.7 Å². The van der Waals surface area contributed by atoms with E-state index in [1.165, 1.54) is 12.1 Å². The van der Waals surface area contributed by atoms with E-state index in [2.05, 4.69) is 10.5 Å². The van der Waals surface area contributed by atoms with Gasteiger partial charge in [-0.25, -0.2) is 4.39 Å². The van der Waals surface area contributed by atoms with Crippen molar-refractivity contribution >= 4 is 11.4 Å². The zero-order valence-corrected chi connectivity index (χ0v) is 9.51. The van der Waals surface area contributed by atoms with Crippen LogP contribution in [-0.2, 0) is 6.54 Å². The highest BCUT2D eigenvalue weighted by molar-refractivity contribution is 5.62. The number of halogens is 1. The van der Waals surface area contributed by atoms with Crippen molar-refractivity contribution in [1.82, 2.24) is 5.16 Å². The monoisotopic (exact) mass is 251 g/mol. The van der Waals surface area contributed by atoms with E-state index in [1.54, 1.807) is 13.0 Å². The molecule has 0 aliphatic carbocycles. The van der Waals surface area contributed by atoms with E-state index in [-0.39, 0.29) is 17.9 Å². The molecule has 0 spiro atoms. The third-order valence-corrected chi connectivity index (χ3v) is 2.31. The van der Waals surface area contributed by atoms with Crippen LogP contribution in [0.3, 0.4) is 0 Å². The Morgan fingerprint density at radius 2 is 2.33 bits per heavy atom. The summed E-state index contributed by atoms with van der Waals surface area (Å²) in [6.07, 6.45) is 0. The maximum Gasteiger partial charge on any atom is 0.295 e. The first-order chi connectivity index (χ1) is 8.58. The largest absolute Gasteiger partial charge is 0.371 e. The van der Waals surface area contributed by atoms with Crippen molar-refractivity contribution in [2.75, 3.05) is 5.32 Å². The van der Waals surface area contributed by atoms with Gasteiger partial charge in [0, 0.05) is 12.1 Å². The molecule has 1 aromatic heterocycles. The number of hydrogen-bond donors (Lipinski definition) is 1. The number of nitrogens with one attached hydrogen (secondary N) is 1. The second-order valence-corrected chi connectivity index (χ2v) is 3.67. The van der Waals surface area contributed by atoms with Crippen LogP contribution in [0.4, 0.5) is 15.8 Å². The van der Waals surface area contributed by atoms with Gasteiger partial charge in [-0.15, -0.1) is 0 Å². The molecule has 0 saturated heterocycles. The standard InChI is InChI=1S/C11H10FN3O3/c1-7-5-8(14-18-7)6-13-11-9(12)3-2-4-10(11)15(16)17/h2-5,13H,6H2,1H3. The van der Waals surface area contributed by atoms with Crippen molar-refractivity contribution < 1.29 is 13.8 Å². The summed E-state index contributed by atoms with van der Waals surface area (Å²) in [5, 5.41) is 17.1. The maximum absolute atomic E-state index is 13.5. The number of aromatic nitrogens is 1. The van der Waals surface area contributed by atoms with Crippen molar-refractivity contribution in [3.63, 3.8) is 0 Å². The van der Waals surface area contributed by atoms with E-state index in [1.807, 2.05) is 0 Å². The number of rotatable bonds is 4. The highest BCUT2D eigenvalue weighted by atomic mass is 19.1. The summed E-state index contributed by atoms with van der Waals surface area (Å²) in [4.78, 5) is 10.1. The molecule has 0 amide bonds. The van der Waals surface area contributed by atoms with Crippen molar-refractivity contribution in [3.8, 4) is 0 Å². The van der Waals surface area contributed by atoms with E-state index in [4.69, 9.17) is 4.52 Å². The van der Waals surface area contributed by atoms with Crippen molar-refractivity contribution in [1.29, 1.82) is 0 Å². The van der Waals surface area contributed by atoms with E-state index in [0.717, 1.165) is 6.07 Å². The quantitative estimate of drug-likeness (QED) is 0.667. The molecule has 18 heavy (non-hydrogen) atoms. The Labute approximate surface area is 102 Å². The van der Waals surface area contributed by atoms with E-state index in [0.29, 0.717) is 11.5 Å². The Balaban J connectivity index is 2.20. The lowest BCUT2D eigenvalue weighted by atomic mass is 10.2. The van der Waals surface area contributed by atoms with Gasteiger partial charge in [0.1, 0.15) is 17.1 Å². The van der Waals surface area contributed by atoms with E-state index >= 15 is 0 Å². The normalized spacial score (nSPS) is 10.3. The van der Waals surface area contributed by atoms with Crippen LogP contribution in [-0.4, -0.2) is 10.1 Å². The summed E-state index contributed by atoms with van der Waals surface area (Å²) >= 11 is 0. The maximum atomic E-state index is 13.5. The molecule has 0 unspecified atom stereocenters. The molecule has 1 aromatic carbocycles. The number of nitrogens with zero attached hydrogens (tertiary/aromatic N) is 2. The fourth-order valence-electron chi connectivity index (χ4n) is 1.52. The van der Waals surface area contributed by atoms with Crippen molar-refractivity contribution in [3.05, 3.63) is 51.7 Å². The molecule has 0 bridgehead atoms. The minimum atomic E-state index is -0.676. The van der Waals surface area contributed by atoms with Crippen molar-refractivity contribution in [2.45, 2.75) is 13.5 Å².